The first-order valence-corrected chi connectivity index (χ1v) is 8.42. The molecule has 1 aliphatic heterocycles. The molecule has 0 radical (unpaired) electrons. The van der Waals surface area contributed by atoms with Gasteiger partial charge in [0.1, 0.15) is 23.0 Å². The van der Waals surface area contributed by atoms with Gasteiger partial charge in [-0.15, -0.1) is 0 Å². The van der Waals surface area contributed by atoms with Crippen molar-refractivity contribution in [3.05, 3.63) is 24.0 Å². The predicted octanol–water partition coefficient (Wildman–Crippen LogP) is 3.38. The third-order valence-electron chi connectivity index (χ3n) is 3.55. The van der Waals surface area contributed by atoms with E-state index in [2.05, 4.69) is 10.3 Å². The lowest BCUT2D eigenvalue weighted by Gasteiger charge is -2.39. The van der Waals surface area contributed by atoms with Crippen LogP contribution in [0.5, 0.6) is 0 Å². The molecule has 2 aromatic rings. The standard InChI is InChI=1S/C16H18FN3O3S/c1-16(2,3)23-15(22)20-8-7-10(20)13(21)19-14-18-12-9(17)5-4-6-11(12)24-14/h4-6,10H,7-8H2,1-3H3,(H,18,19,21). The normalized spacial score (nSPS) is 17.5. The molecule has 1 atom stereocenters. The Labute approximate surface area is 142 Å². The van der Waals surface area contributed by atoms with Gasteiger partial charge in [-0.05, 0) is 39.3 Å². The Morgan fingerprint density at radius 3 is 2.75 bits per heavy atom. The number of carbonyl (C=O) groups is 2. The van der Waals surface area contributed by atoms with Crippen molar-refractivity contribution in [1.82, 2.24) is 9.88 Å². The molecule has 0 aliphatic carbocycles. The monoisotopic (exact) mass is 351 g/mol. The van der Waals surface area contributed by atoms with E-state index in [-0.39, 0.29) is 11.4 Å². The Hall–Kier alpha value is -2.22. The van der Waals surface area contributed by atoms with Gasteiger partial charge in [-0.25, -0.2) is 14.2 Å². The molecule has 0 saturated carbocycles. The topological polar surface area (TPSA) is 71.5 Å². The minimum atomic E-state index is -0.613. The lowest BCUT2D eigenvalue weighted by atomic mass is 10.0. The molecule has 1 unspecified atom stereocenters. The van der Waals surface area contributed by atoms with Crippen LogP contribution in [0.25, 0.3) is 10.2 Å². The van der Waals surface area contributed by atoms with Gasteiger partial charge in [0, 0.05) is 6.54 Å². The number of ether oxygens (including phenoxy) is 1. The van der Waals surface area contributed by atoms with Gasteiger partial charge in [-0.2, -0.15) is 0 Å². The first-order valence-electron chi connectivity index (χ1n) is 7.60. The van der Waals surface area contributed by atoms with E-state index in [4.69, 9.17) is 4.74 Å². The quantitative estimate of drug-likeness (QED) is 0.900. The van der Waals surface area contributed by atoms with Gasteiger partial charge in [0.05, 0.1) is 4.70 Å². The maximum atomic E-state index is 13.7. The fourth-order valence-corrected chi connectivity index (χ4v) is 3.24. The number of carbonyl (C=O) groups excluding carboxylic acids is 2. The van der Waals surface area contributed by atoms with Crippen LogP contribution in [0.2, 0.25) is 0 Å². The van der Waals surface area contributed by atoms with Gasteiger partial charge in [0.15, 0.2) is 5.13 Å². The van der Waals surface area contributed by atoms with Crippen molar-refractivity contribution in [2.24, 2.45) is 0 Å². The first kappa shape index (κ1) is 16.6. The summed E-state index contributed by atoms with van der Waals surface area (Å²) in [6.07, 6.45) is 0.0499. The summed E-state index contributed by atoms with van der Waals surface area (Å²) in [5.41, 5.74) is -0.381. The van der Waals surface area contributed by atoms with Gasteiger partial charge >= 0.3 is 6.09 Å². The maximum absolute atomic E-state index is 13.7. The molecule has 1 saturated heterocycles. The minimum absolute atomic E-state index is 0.232. The van der Waals surface area contributed by atoms with Crippen molar-refractivity contribution in [3.63, 3.8) is 0 Å². The summed E-state index contributed by atoms with van der Waals surface area (Å²) in [6.45, 7) is 5.79. The number of para-hydroxylation sites is 1. The maximum Gasteiger partial charge on any atom is 0.410 e. The average Bonchev–Trinajstić information content (AvgIpc) is 2.78. The molecular formula is C16H18FN3O3S. The second-order valence-electron chi connectivity index (χ2n) is 6.57. The van der Waals surface area contributed by atoms with E-state index in [0.29, 0.717) is 22.8 Å². The van der Waals surface area contributed by atoms with Crippen molar-refractivity contribution in [2.75, 3.05) is 11.9 Å². The van der Waals surface area contributed by atoms with E-state index in [1.807, 2.05) is 0 Å². The molecule has 0 bridgehead atoms. The average molecular weight is 351 g/mol. The fraction of sp³-hybridized carbons (Fsp3) is 0.438. The van der Waals surface area contributed by atoms with Gasteiger partial charge < -0.3 is 10.1 Å². The van der Waals surface area contributed by atoms with E-state index in [0.717, 1.165) is 0 Å². The summed E-state index contributed by atoms with van der Waals surface area (Å²) >= 11 is 1.19. The van der Waals surface area contributed by atoms with Crippen molar-refractivity contribution in [1.29, 1.82) is 0 Å². The molecular weight excluding hydrogens is 333 g/mol. The van der Waals surface area contributed by atoms with Crippen LogP contribution in [0.3, 0.4) is 0 Å². The number of aromatic nitrogens is 1. The van der Waals surface area contributed by atoms with E-state index < -0.39 is 23.6 Å². The Bertz CT molecular complexity index is 799. The van der Waals surface area contributed by atoms with Crippen LogP contribution in [0.4, 0.5) is 14.3 Å². The number of nitrogens with one attached hydrogen (secondary N) is 1. The Balaban J connectivity index is 1.68. The highest BCUT2D eigenvalue weighted by Crippen LogP contribution is 2.29. The van der Waals surface area contributed by atoms with Gasteiger partial charge in [0.2, 0.25) is 5.91 Å². The molecule has 2 amide bonds. The van der Waals surface area contributed by atoms with Crippen LogP contribution in [0.15, 0.2) is 18.2 Å². The van der Waals surface area contributed by atoms with Crippen molar-refractivity contribution < 1.29 is 18.7 Å². The Kier molecular flexibility index (Phi) is 4.16. The number of halogens is 1. The van der Waals surface area contributed by atoms with Crippen LogP contribution in [-0.4, -0.2) is 40.1 Å². The third-order valence-corrected chi connectivity index (χ3v) is 4.49. The number of amides is 2. The molecule has 1 aromatic carbocycles. The highest BCUT2D eigenvalue weighted by atomic mass is 32.1. The van der Waals surface area contributed by atoms with Crippen molar-refractivity contribution >= 4 is 38.7 Å². The fourth-order valence-electron chi connectivity index (χ4n) is 2.36. The Morgan fingerprint density at radius 1 is 1.42 bits per heavy atom. The molecule has 128 valence electrons. The number of hydrogen-bond acceptors (Lipinski definition) is 5. The van der Waals surface area contributed by atoms with E-state index in [9.17, 15) is 14.0 Å². The summed E-state index contributed by atoms with van der Waals surface area (Å²) < 4.78 is 19.6. The summed E-state index contributed by atoms with van der Waals surface area (Å²) in [4.78, 5) is 29.9. The molecule has 3 rings (SSSR count). The summed E-state index contributed by atoms with van der Waals surface area (Å²) in [5.74, 6) is -0.769. The van der Waals surface area contributed by atoms with Gasteiger partial charge in [-0.1, -0.05) is 17.4 Å². The molecule has 8 heteroatoms. The van der Waals surface area contributed by atoms with Crippen LogP contribution in [-0.2, 0) is 9.53 Å². The zero-order valence-corrected chi connectivity index (χ0v) is 14.4. The number of nitrogens with zero attached hydrogens (tertiary/aromatic N) is 2. The van der Waals surface area contributed by atoms with E-state index in [1.54, 1.807) is 32.9 Å². The summed E-state index contributed by atoms with van der Waals surface area (Å²) in [5, 5.41) is 2.98. The van der Waals surface area contributed by atoms with Crippen molar-refractivity contribution in [2.45, 2.75) is 38.8 Å². The molecule has 1 aromatic heterocycles. The zero-order chi connectivity index (χ0) is 17.5. The van der Waals surface area contributed by atoms with Crippen LogP contribution in [0, 0.1) is 5.82 Å². The van der Waals surface area contributed by atoms with Crippen molar-refractivity contribution in [3.8, 4) is 0 Å². The molecule has 24 heavy (non-hydrogen) atoms. The number of fused-ring (bicyclic) bond motifs is 1. The number of anilines is 1. The van der Waals surface area contributed by atoms with Crippen LogP contribution >= 0.6 is 11.3 Å². The number of rotatable bonds is 2. The Morgan fingerprint density at radius 2 is 2.17 bits per heavy atom. The highest BCUT2D eigenvalue weighted by Gasteiger charge is 2.40. The smallest absolute Gasteiger partial charge is 0.410 e. The minimum Gasteiger partial charge on any atom is -0.444 e. The lowest BCUT2D eigenvalue weighted by molar-refractivity contribution is -0.125. The molecule has 1 fully saturated rings. The molecule has 2 heterocycles. The predicted molar refractivity (Wildman–Crippen MR) is 89.6 cm³/mol. The second-order valence-corrected chi connectivity index (χ2v) is 7.60. The molecule has 1 N–H and O–H groups in total. The number of hydrogen-bond donors (Lipinski definition) is 1. The summed E-state index contributed by atoms with van der Waals surface area (Å²) in [6, 6.07) is 4.07. The highest BCUT2D eigenvalue weighted by molar-refractivity contribution is 7.22. The van der Waals surface area contributed by atoms with Gasteiger partial charge in [-0.3, -0.25) is 9.69 Å². The largest absolute Gasteiger partial charge is 0.444 e. The van der Waals surface area contributed by atoms with Crippen LogP contribution in [0.1, 0.15) is 27.2 Å². The SMILES string of the molecule is CC(C)(C)OC(=O)N1CCC1C(=O)Nc1nc2c(F)cccc2s1. The molecule has 0 spiro atoms. The third kappa shape index (κ3) is 3.33. The summed E-state index contributed by atoms with van der Waals surface area (Å²) in [7, 11) is 0. The van der Waals surface area contributed by atoms with E-state index in [1.165, 1.54) is 22.3 Å². The molecule has 1 aliphatic rings. The molecule has 6 nitrogen and oxygen atoms in total. The number of likely N-dealkylation sites (tertiary alicyclic amines) is 1. The number of thiazole rings is 1. The second kappa shape index (κ2) is 6.01. The van der Waals surface area contributed by atoms with Crippen LogP contribution < -0.4 is 5.32 Å². The number of benzene rings is 1. The lowest BCUT2D eigenvalue weighted by Crippen LogP contribution is -2.57. The zero-order valence-electron chi connectivity index (χ0n) is 13.6. The van der Waals surface area contributed by atoms with E-state index >= 15 is 0 Å². The first-order chi connectivity index (χ1) is 11.2. The van der Waals surface area contributed by atoms with Gasteiger partial charge in [0.25, 0.3) is 0 Å².